The zero-order valence-corrected chi connectivity index (χ0v) is 24.1. The van der Waals surface area contributed by atoms with Crippen molar-refractivity contribution in [1.29, 1.82) is 0 Å². The first-order valence-electron chi connectivity index (χ1n) is 14.5. The van der Waals surface area contributed by atoms with Crippen molar-refractivity contribution < 1.29 is 13.9 Å². The number of hydrogen-bond donors (Lipinski definition) is 2. The van der Waals surface area contributed by atoms with Crippen LogP contribution in [0.15, 0.2) is 58.5 Å². The molecule has 0 saturated heterocycles. The van der Waals surface area contributed by atoms with E-state index in [2.05, 4.69) is 5.32 Å². The predicted octanol–water partition coefficient (Wildman–Crippen LogP) is 4.71. The molecule has 10 heteroatoms. The number of anilines is 1. The van der Waals surface area contributed by atoms with Gasteiger partial charge in [0.15, 0.2) is 5.16 Å². The highest BCUT2D eigenvalue weighted by atomic mass is 32.2. The number of carbonyl (C=O) groups excluding carboxylic acids is 1. The van der Waals surface area contributed by atoms with Gasteiger partial charge in [-0.05, 0) is 81.1 Å². The van der Waals surface area contributed by atoms with Gasteiger partial charge in [0.25, 0.3) is 5.56 Å². The largest absolute Gasteiger partial charge is 0.494 e. The summed E-state index contributed by atoms with van der Waals surface area (Å²) in [5.41, 5.74) is 8.64. The molecule has 0 unspecified atom stereocenters. The number of nitrogens with one attached hydrogen (secondary N) is 1. The van der Waals surface area contributed by atoms with E-state index in [0.717, 1.165) is 49.5 Å². The van der Waals surface area contributed by atoms with Crippen LogP contribution in [0, 0.1) is 5.82 Å². The summed E-state index contributed by atoms with van der Waals surface area (Å²) in [5, 5.41) is 4.55. The zero-order valence-electron chi connectivity index (χ0n) is 23.3. The molecule has 2 aromatic carbocycles. The summed E-state index contributed by atoms with van der Waals surface area (Å²) in [6, 6.07) is 13.4. The van der Waals surface area contributed by atoms with E-state index in [1.807, 2.05) is 12.1 Å². The van der Waals surface area contributed by atoms with Crippen LogP contribution in [0.5, 0.6) is 5.75 Å². The third-order valence-corrected chi connectivity index (χ3v) is 8.89. The maximum atomic E-state index is 13.8. The van der Waals surface area contributed by atoms with Crippen molar-refractivity contribution in [3.05, 3.63) is 76.0 Å². The van der Waals surface area contributed by atoms with Gasteiger partial charge in [-0.2, -0.15) is 0 Å². The predicted molar refractivity (Wildman–Crippen MR) is 160 cm³/mol. The molecule has 3 N–H and O–H groups in total. The summed E-state index contributed by atoms with van der Waals surface area (Å²) in [4.78, 5) is 33.5. The zero-order chi connectivity index (χ0) is 28.6. The van der Waals surface area contributed by atoms with Crippen LogP contribution < -0.4 is 21.3 Å². The van der Waals surface area contributed by atoms with Gasteiger partial charge < -0.3 is 20.7 Å². The highest BCUT2D eigenvalue weighted by Gasteiger charge is 2.28. The molecule has 2 heterocycles. The lowest BCUT2D eigenvalue weighted by Gasteiger charge is -2.30. The van der Waals surface area contributed by atoms with Gasteiger partial charge in [0, 0.05) is 36.9 Å². The molecule has 218 valence electrons. The van der Waals surface area contributed by atoms with Crippen LogP contribution in [0.2, 0.25) is 0 Å². The van der Waals surface area contributed by atoms with Crippen LogP contribution in [0.3, 0.4) is 0 Å². The molecule has 3 aromatic rings. The Balaban J connectivity index is 1.10. The first-order valence-corrected chi connectivity index (χ1v) is 15.4. The molecule has 0 spiro atoms. The van der Waals surface area contributed by atoms with Crippen molar-refractivity contribution in [2.24, 2.45) is 0 Å². The fraction of sp³-hybridized carbons (Fsp3) is 0.452. The van der Waals surface area contributed by atoms with Crippen LogP contribution in [0.1, 0.15) is 56.2 Å². The number of ether oxygens (including phenoxy) is 1. The van der Waals surface area contributed by atoms with E-state index < -0.39 is 0 Å². The first-order chi connectivity index (χ1) is 20.0. The smallest absolute Gasteiger partial charge is 0.264 e. The van der Waals surface area contributed by atoms with Crippen molar-refractivity contribution in [1.82, 2.24) is 19.8 Å². The molecule has 1 fully saturated rings. The molecule has 8 nitrogen and oxygen atoms in total. The Morgan fingerprint density at radius 1 is 1.12 bits per heavy atom. The number of rotatable bonds is 13. The monoisotopic (exact) mass is 579 g/mol. The number of benzene rings is 2. The molecular weight excluding hydrogens is 541 g/mol. The Labute approximate surface area is 244 Å². The number of thioether (sulfide) groups is 1. The van der Waals surface area contributed by atoms with E-state index in [1.165, 1.54) is 18.6 Å². The SMILES string of the molecule is Nc1cccc(-n2c(SC3CCC3)nc3c(c2=O)CN(C(=O)CCNCCCCCOc2ccc(F)cc2)CC3)c1. The summed E-state index contributed by atoms with van der Waals surface area (Å²) in [7, 11) is 0. The number of amides is 1. The number of halogens is 1. The maximum Gasteiger partial charge on any atom is 0.264 e. The highest BCUT2D eigenvalue weighted by molar-refractivity contribution is 7.99. The maximum absolute atomic E-state index is 13.8. The number of unbranched alkanes of at least 4 members (excludes halogenated alkanes) is 2. The lowest BCUT2D eigenvalue weighted by Crippen LogP contribution is -2.42. The molecule has 5 rings (SSSR count). The molecule has 0 atom stereocenters. The minimum atomic E-state index is -0.270. The number of aromatic nitrogens is 2. The number of nitrogens with two attached hydrogens (primary N) is 1. The summed E-state index contributed by atoms with van der Waals surface area (Å²) in [6.45, 7) is 2.86. The Kier molecular flexibility index (Phi) is 9.95. The average Bonchev–Trinajstić information content (AvgIpc) is 2.95. The van der Waals surface area contributed by atoms with Gasteiger partial charge in [0.05, 0.1) is 30.1 Å². The topological polar surface area (TPSA) is 102 Å². The Morgan fingerprint density at radius 3 is 2.71 bits per heavy atom. The van der Waals surface area contributed by atoms with E-state index in [9.17, 15) is 14.0 Å². The van der Waals surface area contributed by atoms with E-state index in [-0.39, 0.29) is 23.8 Å². The van der Waals surface area contributed by atoms with Gasteiger partial charge in [-0.25, -0.2) is 9.37 Å². The average molecular weight is 580 g/mol. The fourth-order valence-corrected chi connectivity index (χ4v) is 6.33. The number of carbonyl (C=O) groups is 1. The fourth-order valence-electron chi connectivity index (χ4n) is 5.00. The van der Waals surface area contributed by atoms with Crippen molar-refractivity contribution in [2.75, 3.05) is 32.0 Å². The second-order valence-electron chi connectivity index (χ2n) is 10.7. The van der Waals surface area contributed by atoms with Gasteiger partial charge in [-0.15, -0.1) is 0 Å². The molecule has 1 aromatic heterocycles. The molecule has 1 aliphatic carbocycles. The van der Waals surface area contributed by atoms with E-state index >= 15 is 0 Å². The standard InChI is InChI=1S/C31H38FN5O3S/c32-22-10-12-25(13-11-22)40-19-3-1-2-16-34-17-14-29(38)36-18-15-28-27(21-36)30(39)37(24-7-4-6-23(33)20-24)31(35-28)41-26-8-5-9-26/h4,6-7,10-13,20,26,34H,1-3,5,8-9,14-19,21,33H2. The first kappa shape index (κ1) is 29.1. The van der Waals surface area contributed by atoms with Crippen LogP contribution in [-0.2, 0) is 17.8 Å². The number of nitrogens with zero attached hydrogens (tertiary/aromatic N) is 3. The van der Waals surface area contributed by atoms with E-state index in [4.69, 9.17) is 15.5 Å². The number of hydrogen-bond acceptors (Lipinski definition) is 7. The Bertz CT molecular complexity index is 1390. The second kappa shape index (κ2) is 14.0. The van der Waals surface area contributed by atoms with Crippen LogP contribution >= 0.6 is 11.8 Å². The van der Waals surface area contributed by atoms with Crippen LogP contribution in [0.25, 0.3) is 5.69 Å². The molecule has 0 radical (unpaired) electrons. The Morgan fingerprint density at radius 2 is 1.95 bits per heavy atom. The normalized spacial score (nSPS) is 14.9. The molecule has 1 amide bonds. The molecule has 2 aliphatic rings. The van der Waals surface area contributed by atoms with Gasteiger partial charge in [-0.3, -0.25) is 14.2 Å². The minimum Gasteiger partial charge on any atom is -0.494 e. The molecule has 1 aliphatic heterocycles. The summed E-state index contributed by atoms with van der Waals surface area (Å²) in [5.74, 6) is 0.447. The van der Waals surface area contributed by atoms with Gasteiger partial charge in [0.1, 0.15) is 11.6 Å². The highest BCUT2D eigenvalue weighted by Crippen LogP contribution is 2.36. The third kappa shape index (κ3) is 7.68. The summed E-state index contributed by atoms with van der Waals surface area (Å²) >= 11 is 1.68. The molecule has 41 heavy (non-hydrogen) atoms. The van der Waals surface area contributed by atoms with Gasteiger partial charge in [-0.1, -0.05) is 24.2 Å². The van der Waals surface area contributed by atoms with Gasteiger partial charge >= 0.3 is 0 Å². The number of nitrogen functional groups attached to an aromatic ring is 1. The van der Waals surface area contributed by atoms with E-state index in [0.29, 0.717) is 60.5 Å². The van der Waals surface area contributed by atoms with Crippen LogP contribution in [0.4, 0.5) is 10.1 Å². The van der Waals surface area contributed by atoms with Gasteiger partial charge in [0.2, 0.25) is 5.91 Å². The van der Waals surface area contributed by atoms with Crippen molar-refractivity contribution in [3.8, 4) is 11.4 Å². The minimum absolute atomic E-state index is 0.0404. The van der Waals surface area contributed by atoms with E-state index in [1.54, 1.807) is 45.5 Å². The molecular formula is C31H38FN5O3S. The second-order valence-corrected chi connectivity index (χ2v) is 11.9. The number of fused-ring (bicyclic) bond motifs is 1. The Hall–Kier alpha value is -3.37. The van der Waals surface area contributed by atoms with Crippen molar-refractivity contribution in [3.63, 3.8) is 0 Å². The lowest BCUT2D eigenvalue weighted by molar-refractivity contribution is -0.132. The van der Waals surface area contributed by atoms with Crippen molar-refractivity contribution in [2.45, 2.75) is 68.3 Å². The van der Waals surface area contributed by atoms with Crippen molar-refractivity contribution >= 4 is 23.4 Å². The summed E-state index contributed by atoms with van der Waals surface area (Å²) in [6.07, 6.45) is 7.34. The third-order valence-electron chi connectivity index (χ3n) is 7.60. The quantitative estimate of drug-likeness (QED) is 0.172. The van der Waals surface area contributed by atoms with Crippen LogP contribution in [-0.4, -0.2) is 51.8 Å². The molecule has 0 bridgehead atoms. The lowest BCUT2D eigenvalue weighted by atomic mass is 10.0. The molecule has 1 saturated carbocycles. The summed E-state index contributed by atoms with van der Waals surface area (Å²) < 4.78 is 20.2.